The molecule has 0 fully saturated rings. The number of nitrogens with zero attached hydrogens (tertiary/aromatic N) is 1. The molecule has 0 bridgehead atoms. The van der Waals surface area contributed by atoms with Gasteiger partial charge in [-0.05, 0) is 79.4 Å². The lowest BCUT2D eigenvalue weighted by molar-refractivity contribution is -0.137. The third-order valence-electron chi connectivity index (χ3n) is 4.29. The maximum Gasteiger partial charge on any atom is 0.416 e. The third kappa shape index (κ3) is 7.92. The molecular weight excluding hydrogens is 443 g/mol. The normalized spacial score (nSPS) is 12.4. The third-order valence-corrected chi connectivity index (χ3v) is 4.93. The van der Waals surface area contributed by atoms with Crippen LogP contribution >= 0.6 is 11.8 Å². The van der Waals surface area contributed by atoms with Gasteiger partial charge in [0.1, 0.15) is 11.8 Å². The number of carbonyl (C=O) groups excluding carboxylic acids is 2. The highest BCUT2D eigenvalue weighted by molar-refractivity contribution is 7.98. The summed E-state index contributed by atoms with van der Waals surface area (Å²) < 4.78 is 43.4. The van der Waals surface area contributed by atoms with Crippen LogP contribution in [0.4, 0.5) is 13.2 Å². The zero-order chi connectivity index (χ0) is 23.6. The van der Waals surface area contributed by atoms with Gasteiger partial charge in [-0.25, -0.2) is 5.43 Å². The Kier molecular flexibility index (Phi) is 9.58. The minimum absolute atomic E-state index is 0.0258. The molecular formula is C22H24F3N3O3S. The SMILES string of the molecule is CCOc1ccc(/C=N/NC(=O)C(CCSC)NC(=O)c2ccc(C(F)(F)F)cc2)cc1. The van der Waals surface area contributed by atoms with E-state index in [-0.39, 0.29) is 5.56 Å². The molecule has 32 heavy (non-hydrogen) atoms. The van der Waals surface area contributed by atoms with Gasteiger partial charge in [0, 0.05) is 5.56 Å². The fourth-order valence-corrected chi connectivity index (χ4v) is 3.09. The van der Waals surface area contributed by atoms with E-state index in [2.05, 4.69) is 15.8 Å². The number of hydrogen-bond acceptors (Lipinski definition) is 5. The Bertz CT molecular complexity index is 917. The van der Waals surface area contributed by atoms with Gasteiger partial charge in [0.15, 0.2) is 0 Å². The zero-order valence-corrected chi connectivity index (χ0v) is 18.4. The molecule has 1 atom stereocenters. The van der Waals surface area contributed by atoms with Crippen molar-refractivity contribution in [2.45, 2.75) is 25.6 Å². The van der Waals surface area contributed by atoms with Crippen LogP contribution in [-0.4, -0.2) is 42.7 Å². The average molecular weight is 468 g/mol. The molecule has 172 valence electrons. The number of carbonyl (C=O) groups is 2. The van der Waals surface area contributed by atoms with Crippen molar-refractivity contribution in [3.05, 3.63) is 65.2 Å². The molecule has 6 nitrogen and oxygen atoms in total. The summed E-state index contributed by atoms with van der Waals surface area (Å²) in [7, 11) is 0. The molecule has 0 spiro atoms. The van der Waals surface area contributed by atoms with Crippen LogP contribution in [0.5, 0.6) is 5.75 Å². The van der Waals surface area contributed by atoms with Crippen LogP contribution in [0.15, 0.2) is 53.6 Å². The predicted octanol–water partition coefficient (Wildman–Crippen LogP) is 4.11. The minimum atomic E-state index is -4.49. The lowest BCUT2D eigenvalue weighted by Crippen LogP contribution is -2.45. The number of hydrogen-bond donors (Lipinski definition) is 2. The number of rotatable bonds is 10. The van der Waals surface area contributed by atoms with Crippen LogP contribution in [-0.2, 0) is 11.0 Å². The van der Waals surface area contributed by atoms with Gasteiger partial charge in [0.25, 0.3) is 11.8 Å². The highest BCUT2D eigenvalue weighted by Crippen LogP contribution is 2.29. The van der Waals surface area contributed by atoms with E-state index in [1.807, 2.05) is 13.2 Å². The van der Waals surface area contributed by atoms with E-state index in [1.54, 1.807) is 24.3 Å². The van der Waals surface area contributed by atoms with E-state index in [1.165, 1.54) is 18.0 Å². The topological polar surface area (TPSA) is 79.8 Å². The van der Waals surface area contributed by atoms with E-state index in [0.717, 1.165) is 35.6 Å². The number of ether oxygens (including phenoxy) is 1. The van der Waals surface area contributed by atoms with Crippen LogP contribution in [0.3, 0.4) is 0 Å². The molecule has 0 heterocycles. The summed E-state index contributed by atoms with van der Waals surface area (Å²) in [6.07, 6.45) is -0.845. The van der Waals surface area contributed by atoms with Gasteiger partial charge in [-0.1, -0.05) is 0 Å². The fraction of sp³-hybridized carbons (Fsp3) is 0.318. The molecule has 10 heteroatoms. The number of hydrazone groups is 1. The van der Waals surface area contributed by atoms with E-state index in [9.17, 15) is 22.8 Å². The summed E-state index contributed by atoms with van der Waals surface area (Å²) in [5, 5.41) is 6.48. The summed E-state index contributed by atoms with van der Waals surface area (Å²) in [5.41, 5.74) is 2.30. The van der Waals surface area contributed by atoms with Gasteiger partial charge >= 0.3 is 6.18 Å². The second-order valence-corrected chi connectivity index (χ2v) is 7.60. The largest absolute Gasteiger partial charge is 0.494 e. The minimum Gasteiger partial charge on any atom is -0.494 e. The summed E-state index contributed by atoms with van der Waals surface area (Å²) >= 11 is 1.49. The van der Waals surface area contributed by atoms with Crippen molar-refractivity contribution in [2.75, 3.05) is 18.6 Å². The van der Waals surface area contributed by atoms with Gasteiger partial charge in [0.05, 0.1) is 18.4 Å². The number of amides is 2. The van der Waals surface area contributed by atoms with E-state index >= 15 is 0 Å². The summed E-state index contributed by atoms with van der Waals surface area (Å²) in [6.45, 7) is 2.44. The van der Waals surface area contributed by atoms with E-state index in [4.69, 9.17) is 4.74 Å². The van der Waals surface area contributed by atoms with E-state index < -0.39 is 29.6 Å². The highest BCUT2D eigenvalue weighted by Gasteiger charge is 2.30. The number of halogens is 3. The number of thioether (sulfide) groups is 1. The van der Waals surface area contributed by atoms with Crippen molar-refractivity contribution in [1.29, 1.82) is 0 Å². The van der Waals surface area contributed by atoms with Crippen molar-refractivity contribution in [2.24, 2.45) is 5.10 Å². The first kappa shape index (κ1) is 25.3. The van der Waals surface area contributed by atoms with Crippen LogP contribution in [0.1, 0.15) is 34.8 Å². The molecule has 0 saturated carbocycles. The Balaban J connectivity index is 2.00. The van der Waals surface area contributed by atoms with Crippen LogP contribution in [0, 0.1) is 0 Å². The van der Waals surface area contributed by atoms with Gasteiger partial charge in [-0.15, -0.1) is 0 Å². The quantitative estimate of drug-likeness (QED) is 0.407. The lowest BCUT2D eigenvalue weighted by Gasteiger charge is -2.17. The van der Waals surface area contributed by atoms with Gasteiger partial charge in [-0.3, -0.25) is 9.59 Å². The zero-order valence-electron chi connectivity index (χ0n) is 17.6. The molecule has 2 N–H and O–H groups in total. The molecule has 2 amide bonds. The maximum absolute atomic E-state index is 12.7. The van der Waals surface area contributed by atoms with Crippen LogP contribution < -0.4 is 15.5 Å². The van der Waals surface area contributed by atoms with Gasteiger partial charge in [-0.2, -0.15) is 30.0 Å². The van der Waals surface area contributed by atoms with E-state index in [0.29, 0.717) is 18.8 Å². The second-order valence-electron chi connectivity index (χ2n) is 6.62. The van der Waals surface area contributed by atoms with Gasteiger partial charge < -0.3 is 10.1 Å². The lowest BCUT2D eigenvalue weighted by atomic mass is 10.1. The molecule has 2 aromatic carbocycles. The van der Waals surface area contributed by atoms with Crippen LogP contribution in [0.2, 0.25) is 0 Å². The maximum atomic E-state index is 12.7. The smallest absolute Gasteiger partial charge is 0.416 e. The molecule has 0 aliphatic rings. The summed E-state index contributed by atoms with van der Waals surface area (Å²) in [6, 6.07) is 10.0. The van der Waals surface area contributed by atoms with Crippen LogP contribution in [0.25, 0.3) is 0 Å². The fourth-order valence-electron chi connectivity index (χ4n) is 2.62. The van der Waals surface area contributed by atoms with Crippen molar-refractivity contribution >= 4 is 29.8 Å². The first-order valence-electron chi connectivity index (χ1n) is 9.77. The molecule has 1 unspecified atom stereocenters. The second kappa shape index (κ2) is 12.1. The number of nitrogens with one attached hydrogen (secondary N) is 2. The standard InChI is InChI=1S/C22H24F3N3O3S/c1-3-31-18-10-4-15(5-11-18)14-26-28-21(30)19(12-13-32-2)27-20(29)16-6-8-17(9-7-16)22(23,24)25/h4-11,14,19H,3,12-13H2,1-2H3,(H,27,29)(H,28,30)/b26-14+. The molecule has 2 aromatic rings. The molecule has 0 saturated heterocycles. The Morgan fingerprint density at radius 3 is 2.34 bits per heavy atom. The Labute approximate surface area is 188 Å². The first-order valence-corrected chi connectivity index (χ1v) is 11.2. The first-order chi connectivity index (χ1) is 15.2. The predicted molar refractivity (Wildman–Crippen MR) is 119 cm³/mol. The molecule has 2 rings (SSSR count). The van der Waals surface area contributed by atoms with Crippen molar-refractivity contribution in [3.63, 3.8) is 0 Å². The van der Waals surface area contributed by atoms with Crippen molar-refractivity contribution in [1.82, 2.24) is 10.7 Å². The van der Waals surface area contributed by atoms with Gasteiger partial charge in [0.2, 0.25) is 0 Å². The average Bonchev–Trinajstić information content (AvgIpc) is 2.77. The summed E-state index contributed by atoms with van der Waals surface area (Å²) in [4.78, 5) is 24.9. The number of benzene rings is 2. The summed E-state index contributed by atoms with van der Waals surface area (Å²) in [5.74, 6) is 0.141. The Morgan fingerprint density at radius 1 is 1.12 bits per heavy atom. The van der Waals surface area contributed by atoms with Crippen molar-refractivity contribution in [3.8, 4) is 5.75 Å². The highest BCUT2D eigenvalue weighted by atomic mass is 32.2. The monoisotopic (exact) mass is 467 g/mol. The molecule has 0 aromatic heterocycles. The van der Waals surface area contributed by atoms with Crippen molar-refractivity contribution < 1.29 is 27.5 Å². The molecule has 0 aliphatic heterocycles. The molecule has 0 aliphatic carbocycles. The number of alkyl halides is 3. The Morgan fingerprint density at radius 2 is 1.78 bits per heavy atom. The molecule has 0 radical (unpaired) electrons. The Hall–Kier alpha value is -3.01.